The standard InChI is InChI=1S/C13H10O2S/c1-15-12(14)7-3-6-10-4-2-5-11-8-9-16-13(10)11/h2,4-5,8-9H,7H2,1H3. The highest BCUT2D eigenvalue weighted by Crippen LogP contribution is 2.23. The summed E-state index contributed by atoms with van der Waals surface area (Å²) in [5, 5.41) is 3.23. The van der Waals surface area contributed by atoms with Gasteiger partial charge in [0.15, 0.2) is 0 Å². The zero-order valence-corrected chi connectivity index (χ0v) is 9.64. The van der Waals surface area contributed by atoms with E-state index in [4.69, 9.17) is 0 Å². The van der Waals surface area contributed by atoms with Gasteiger partial charge in [-0.15, -0.1) is 11.3 Å². The molecule has 0 N–H and O–H groups in total. The number of esters is 1. The average Bonchev–Trinajstić information content (AvgIpc) is 2.77. The van der Waals surface area contributed by atoms with E-state index in [1.165, 1.54) is 17.2 Å². The van der Waals surface area contributed by atoms with Gasteiger partial charge in [0, 0.05) is 10.3 Å². The van der Waals surface area contributed by atoms with E-state index in [9.17, 15) is 4.79 Å². The molecule has 0 saturated carbocycles. The molecule has 0 spiro atoms. The first kappa shape index (κ1) is 10.7. The normalized spacial score (nSPS) is 9.56. The summed E-state index contributed by atoms with van der Waals surface area (Å²) in [5.41, 5.74) is 0.969. The fraction of sp³-hybridized carbons (Fsp3) is 0.154. The van der Waals surface area contributed by atoms with Crippen molar-refractivity contribution in [2.75, 3.05) is 7.11 Å². The van der Waals surface area contributed by atoms with Crippen LogP contribution >= 0.6 is 11.3 Å². The van der Waals surface area contributed by atoms with E-state index >= 15 is 0 Å². The predicted molar refractivity (Wildman–Crippen MR) is 65.3 cm³/mol. The fourth-order valence-electron chi connectivity index (χ4n) is 1.38. The van der Waals surface area contributed by atoms with E-state index in [1.54, 1.807) is 11.3 Å². The number of fused-ring (bicyclic) bond motifs is 1. The lowest BCUT2D eigenvalue weighted by atomic mass is 10.2. The van der Waals surface area contributed by atoms with Crippen LogP contribution in [0.4, 0.5) is 0 Å². The van der Waals surface area contributed by atoms with Gasteiger partial charge >= 0.3 is 5.97 Å². The summed E-state index contributed by atoms with van der Waals surface area (Å²) in [7, 11) is 1.37. The lowest BCUT2D eigenvalue weighted by molar-refractivity contribution is -0.139. The van der Waals surface area contributed by atoms with Crippen molar-refractivity contribution in [3.05, 3.63) is 35.2 Å². The second-order valence-electron chi connectivity index (χ2n) is 3.20. The van der Waals surface area contributed by atoms with Gasteiger partial charge in [-0.25, -0.2) is 0 Å². The molecule has 80 valence electrons. The highest BCUT2D eigenvalue weighted by Gasteiger charge is 1.99. The van der Waals surface area contributed by atoms with Gasteiger partial charge in [-0.3, -0.25) is 4.79 Å². The van der Waals surface area contributed by atoms with Crippen molar-refractivity contribution in [2.24, 2.45) is 0 Å². The van der Waals surface area contributed by atoms with Crippen LogP contribution in [0.25, 0.3) is 10.1 Å². The maximum atomic E-state index is 10.9. The Bertz CT molecular complexity index is 572. The zero-order chi connectivity index (χ0) is 11.4. The molecule has 0 amide bonds. The van der Waals surface area contributed by atoms with Gasteiger partial charge in [0.2, 0.25) is 0 Å². The van der Waals surface area contributed by atoms with Crippen molar-refractivity contribution >= 4 is 27.4 Å². The molecule has 16 heavy (non-hydrogen) atoms. The Balaban J connectivity index is 2.27. The molecule has 0 aliphatic carbocycles. The summed E-state index contributed by atoms with van der Waals surface area (Å²) < 4.78 is 5.69. The quantitative estimate of drug-likeness (QED) is 0.556. The number of methoxy groups -OCH3 is 1. The molecule has 1 heterocycles. The van der Waals surface area contributed by atoms with Crippen LogP contribution in [-0.4, -0.2) is 13.1 Å². The van der Waals surface area contributed by atoms with Crippen molar-refractivity contribution in [2.45, 2.75) is 6.42 Å². The highest BCUT2D eigenvalue weighted by molar-refractivity contribution is 7.17. The van der Waals surface area contributed by atoms with Gasteiger partial charge in [-0.1, -0.05) is 24.0 Å². The van der Waals surface area contributed by atoms with Gasteiger partial charge in [-0.2, -0.15) is 0 Å². The lowest BCUT2D eigenvalue weighted by Crippen LogP contribution is -1.96. The van der Waals surface area contributed by atoms with E-state index < -0.39 is 0 Å². The largest absolute Gasteiger partial charge is 0.468 e. The smallest absolute Gasteiger partial charge is 0.317 e. The molecular formula is C13H10O2S. The Labute approximate surface area is 97.9 Å². The Hall–Kier alpha value is -1.79. The number of benzene rings is 1. The van der Waals surface area contributed by atoms with Crippen LogP contribution in [0, 0.1) is 11.8 Å². The third kappa shape index (κ3) is 2.23. The molecule has 0 bridgehead atoms. The highest BCUT2D eigenvalue weighted by atomic mass is 32.1. The number of hydrogen-bond acceptors (Lipinski definition) is 3. The maximum Gasteiger partial charge on any atom is 0.317 e. The average molecular weight is 230 g/mol. The summed E-state index contributed by atoms with van der Waals surface area (Å²) in [6.07, 6.45) is 0.137. The molecule has 0 unspecified atom stereocenters. The van der Waals surface area contributed by atoms with Crippen molar-refractivity contribution in [3.8, 4) is 11.8 Å². The number of rotatable bonds is 1. The zero-order valence-electron chi connectivity index (χ0n) is 8.82. The van der Waals surface area contributed by atoms with Crippen LogP contribution in [0.1, 0.15) is 12.0 Å². The summed E-state index contributed by atoms with van der Waals surface area (Å²) in [6, 6.07) is 8.04. The minimum Gasteiger partial charge on any atom is -0.468 e. The summed E-state index contributed by atoms with van der Waals surface area (Å²) in [5.74, 6) is 5.51. The molecule has 1 aromatic heterocycles. The van der Waals surface area contributed by atoms with Gasteiger partial charge in [-0.05, 0) is 22.9 Å². The van der Waals surface area contributed by atoms with Crippen LogP contribution < -0.4 is 0 Å². The number of carbonyl (C=O) groups excluding carboxylic acids is 1. The number of ether oxygens (including phenoxy) is 1. The Kier molecular flexibility index (Phi) is 3.23. The van der Waals surface area contributed by atoms with Crippen LogP contribution in [0.2, 0.25) is 0 Å². The second-order valence-corrected chi connectivity index (χ2v) is 4.12. The molecule has 1 aromatic carbocycles. The molecular weight excluding hydrogens is 220 g/mol. The molecule has 0 atom stereocenters. The van der Waals surface area contributed by atoms with Crippen molar-refractivity contribution < 1.29 is 9.53 Å². The van der Waals surface area contributed by atoms with Crippen LogP contribution in [0.5, 0.6) is 0 Å². The Morgan fingerprint density at radius 2 is 2.31 bits per heavy atom. The third-order valence-electron chi connectivity index (χ3n) is 2.16. The Morgan fingerprint density at radius 1 is 1.44 bits per heavy atom. The predicted octanol–water partition coefficient (Wildman–Crippen LogP) is 2.82. The monoisotopic (exact) mass is 230 g/mol. The topological polar surface area (TPSA) is 26.3 Å². The first-order valence-corrected chi connectivity index (χ1v) is 5.71. The molecule has 3 heteroatoms. The minimum atomic E-state index is -0.300. The van der Waals surface area contributed by atoms with Crippen LogP contribution in [0.3, 0.4) is 0 Å². The first-order chi connectivity index (χ1) is 7.81. The van der Waals surface area contributed by atoms with Crippen LogP contribution in [0.15, 0.2) is 29.6 Å². The van der Waals surface area contributed by atoms with E-state index in [-0.39, 0.29) is 12.4 Å². The summed E-state index contributed by atoms with van der Waals surface area (Å²) >= 11 is 1.66. The molecule has 2 nitrogen and oxygen atoms in total. The molecule has 2 aromatic rings. The number of thiophene rings is 1. The van der Waals surface area contributed by atoms with Crippen LogP contribution in [-0.2, 0) is 9.53 Å². The molecule has 0 radical (unpaired) electrons. The molecule has 0 aliphatic rings. The van der Waals surface area contributed by atoms with Crippen molar-refractivity contribution in [1.29, 1.82) is 0 Å². The van der Waals surface area contributed by atoms with E-state index in [0.717, 1.165) is 5.56 Å². The summed E-state index contributed by atoms with van der Waals surface area (Å²) in [6.45, 7) is 0. The minimum absolute atomic E-state index is 0.137. The molecule has 0 fully saturated rings. The van der Waals surface area contributed by atoms with E-state index in [2.05, 4.69) is 28.7 Å². The summed E-state index contributed by atoms with van der Waals surface area (Å²) in [4.78, 5) is 10.9. The van der Waals surface area contributed by atoms with E-state index in [0.29, 0.717) is 0 Å². The third-order valence-corrected chi connectivity index (χ3v) is 3.13. The number of hydrogen-bond donors (Lipinski definition) is 0. The van der Waals surface area contributed by atoms with Gasteiger partial charge < -0.3 is 4.74 Å². The number of carbonyl (C=O) groups is 1. The van der Waals surface area contributed by atoms with Gasteiger partial charge in [0.25, 0.3) is 0 Å². The molecule has 2 rings (SSSR count). The van der Waals surface area contributed by atoms with Crippen molar-refractivity contribution in [3.63, 3.8) is 0 Å². The van der Waals surface area contributed by atoms with Gasteiger partial charge in [0.05, 0.1) is 7.11 Å². The first-order valence-electron chi connectivity index (χ1n) is 4.83. The maximum absolute atomic E-state index is 10.9. The lowest BCUT2D eigenvalue weighted by Gasteiger charge is -1.93. The molecule has 0 saturated heterocycles. The SMILES string of the molecule is COC(=O)CC#Cc1cccc2ccsc12. The fourth-order valence-corrected chi connectivity index (χ4v) is 2.24. The van der Waals surface area contributed by atoms with Crippen molar-refractivity contribution in [1.82, 2.24) is 0 Å². The Morgan fingerprint density at radius 3 is 3.12 bits per heavy atom. The second kappa shape index (κ2) is 4.82. The van der Waals surface area contributed by atoms with E-state index in [1.807, 2.05) is 17.5 Å². The van der Waals surface area contributed by atoms with Gasteiger partial charge in [0.1, 0.15) is 6.42 Å². The molecule has 0 aliphatic heterocycles.